The molecule has 0 spiro atoms. The molecule has 1 amide bonds. The summed E-state index contributed by atoms with van der Waals surface area (Å²) in [6.45, 7) is 2.56. The van der Waals surface area contributed by atoms with E-state index in [0.29, 0.717) is 12.1 Å². The normalized spacial score (nSPS) is 10.6. The van der Waals surface area contributed by atoms with Gasteiger partial charge in [-0.15, -0.1) is 0 Å². The lowest BCUT2D eigenvalue weighted by molar-refractivity contribution is -0.141. The summed E-state index contributed by atoms with van der Waals surface area (Å²) in [4.78, 5) is 24.5. The maximum Gasteiger partial charge on any atom is 0.307 e. The minimum Gasteiger partial charge on any atom is -0.469 e. The molecule has 0 aromatic heterocycles. The van der Waals surface area contributed by atoms with Crippen LogP contribution >= 0.6 is 0 Å². The first kappa shape index (κ1) is 15.9. The van der Waals surface area contributed by atoms with Gasteiger partial charge in [0.25, 0.3) is 0 Å². The van der Waals surface area contributed by atoms with Crippen LogP contribution in [0.25, 0.3) is 6.08 Å². The fraction of sp³-hybridized carbons (Fsp3) is 0.333. The summed E-state index contributed by atoms with van der Waals surface area (Å²) in [6.07, 6.45) is 2.88. The van der Waals surface area contributed by atoms with Gasteiger partial charge in [0.05, 0.1) is 13.5 Å². The minimum atomic E-state index is -0.380. The van der Waals surface area contributed by atoms with Gasteiger partial charge in [-0.2, -0.15) is 0 Å². The monoisotopic (exact) mass is 279 g/mol. The number of amides is 1. The van der Waals surface area contributed by atoms with E-state index in [2.05, 4.69) is 4.74 Å². The molecular weight excluding hydrogens is 261 g/mol. The minimum absolute atomic E-state index is 0.142. The second kappa shape index (κ2) is 8.09. The summed E-state index contributed by atoms with van der Waals surface area (Å²) >= 11 is 0. The summed E-state index contributed by atoms with van der Waals surface area (Å²) in [6, 6.07) is 6.20. The number of carbonyl (C=O) groups is 2. The van der Waals surface area contributed by atoms with E-state index in [-0.39, 0.29) is 30.7 Å². The summed E-state index contributed by atoms with van der Waals surface area (Å²) < 4.78 is 17.9. The number of ether oxygens (including phenoxy) is 1. The third-order valence-corrected chi connectivity index (χ3v) is 2.82. The third-order valence-electron chi connectivity index (χ3n) is 2.82. The van der Waals surface area contributed by atoms with Crippen molar-refractivity contribution in [2.75, 3.05) is 20.2 Å². The molecule has 0 saturated heterocycles. The molecule has 0 bridgehead atoms. The van der Waals surface area contributed by atoms with Gasteiger partial charge >= 0.3 is 5.97 Å². The number of hydrogen-bond acceptors (Lipinski definition) is 3. The standard InChI is InChI=1S/C15H18FNO3/c1-3-17(11-10-15(19)20-2)14(18)9-8-12-6-4-5-7-13(12)16/h4-9H,3,10-11H2,1-2H3/b9-8+. The van der Waals surface area contributed by atoms with Crippen molar-refractivity contribution in [3.63, 3.8) is 0 Å². The molecule has 0 unspecified atom stereocenters. The van der Waals surface area contributed by atoms with Crippen LogP contribution < -0.4 is 0 Å². The van der Waals surface area contributed by atoms with Gasteiger partial charge in [-0.05, 0) is 19.1 Å². The van der Waals surface area contributed by atoms with Gasteiger partial charge in [0, 0.05) is 24.7 Å². The molecule has 0 aliphatic rings. The van der Waals surface area contributed by atoms with Gasteiger partial charge in [0.2, 0.25) is 5.91 Å². The van der Waals surface area contributed by atoms with Crippen molar-refractivity contribution in [3.8, 4) is 0 Å². The van der Waals surface area contributed by atoms with Crippen LogP contribution in [0.5, 0.6) is 0 Å². The van der Waals surface area contributed by atoms with Crippen molar-refractivity contribution in [1.82, 2.24) is 4.90 Å². The molecule has 1 aromatic carbocycles. The Morgan fingerprint density at radius 3 is 2.65 bits per heavy atom. The Bertz CT molecular complexity index is 500. The van der Waals surface area contributed by atoms with Gasteiger partial charge in [-0.1, -0.05) is 18.2 Å². The van der Waals surface area contributed by atoms with Crippen molar-refractivity contribution < 1.29 is 18.7 Å². The number of halogens is 1. The summed E-state index contributed by atoms with van der Waals surface area (Å²) in [5, 5.41) is 0. The van der Waals surface area contributed by atoms with Crippen LogP contribution in [0.2, 0.25) is 0 Å². The number of rotatable bonds is 6. The van der Waals surface area contributed by atoms with E-state index in [0.717, 1.165) is 0 Å². The number of nitrogens with zero attached hydrogens (tertiary/aromatic N) is 1. The van der Waals surface area contributed by atoms with Gasteiger partial charge < -0.3 is 9.64 Å². The Morgan fingerprint density at radius 1 is 1.35 bits per heavy atom. The Hall–Kier alpha value is -2.17. The molecule has 4 nitrogen and oxygen atoms in total. The summed E-state index contributed by atoms with van der Waals surface area (Å²) in [5.74, 6) is -1.01. The number of esters is 1. The summed E-state index contributed by atoms with van der Waals surface area (Å²) in [7, 11) is 1.30. The molecule has 5 heteroatoms. The zero-order valence-corrected chi connectivity index (χ0v) is 11.6. The van der Waals surface area contributed by atoms with Gasteiger partial charge in [0.1, 0.15) is 5.82 Å². The highest BCUT2D eigenvalue weighted by Crippen LogP contribution is 2.08. The number of hydrogen-bond donors (Lipinski definition) is 0. The SMILES string of the molecule is CCN(CCC(=O)OC)C(=O)/C=C/c1ccccc1F. The zero-order valence-electron chi connectivity index (χ0n) is 11.6. The number of methoxy groups -OCH3 is 1. The lowest BCUT2D eigenvalue weighted by atomic mass is 10.2. The Kier molecular flexibility index (Phi) is 6.43. The van der Waals surface area contributed by atoms with E-state index >= 15 is 0 Å². The summed E-state index contributed by atoms with van der Waals surface area (Å²) in [5.41, 5.74) is 0.352. The highest BCUT2D eigenvalue weighted by molar-refractivity contribution is 5.92. The van der Waals surface area contributed by atoms with E-state index in [1.165, 1.54) is 30.2 Å². The predicted molar refractivity (Wildman–Crippen MR) is 74.3 cm³/mol. The molecule has 20 heavy (non-hydrogen) atoms. The topological polar surface area (TPSA) is 46.6 Å². The van der Waals surface area contributed by atoms with Crippen molar-refractivity contribution in [1.29, 1.82) is 0 Å². The number of carbonyl (C=O) groups excluding carboxylic acids is 2. The molecule has 0 aliphatic carbocycles. The van der Waals surface area contributed by atoms with Gasteiger partial charge in [-0.3, -0.25) is 9.59 Å². The Morgan fingerprint density at radius 2 is 2.05 bits per heavy atom. The van der Waals surface area contributed by atoms with Crippen molar-refractivity contribution in [3.05, 3.63) is 41.7 Å². The molecule has 0 aliphatic heterocycles. The predicted octanol–water partition coefficient (Wildman–Crippen LogP) is 2.25. The number of likely N-dealkylation sites (N-methyl/N-ethyl adjacent to an activating group) is 1. The lowest BCUT2D eigenvalue weighted by Crippen LogP contribution is -2.31. The maximum atomic E-state index is 13.4. The van der Waals surface area contributed by atoms with Crippen molar-refractivity contribution >= 4 is 18.0 Å². The van der Waals surface area contributed by atoms with E-state index in [1.807, 2.05) is 6.92 Å². The van der Waals surface area contributed by atoms with E-state index in [4.69, 9.17) is 0 Å². The van der Waals surface area contributed by atoms with Crippen molar-refractivity contribution in [2.45, 2.75) is 13.3 Å². The second-order valence-electron chi connectivity index (χ2n) is 4.10. The zero-order chi connectivity index (χ0) is 15.0. The molecule has 0 fully saturated rings. The van der Waals surface area contributed by atoms with Gasteiger partial charge in [-0.25, -0.2) is 4.39 Å². The fourth-order valence-electron chi connectivity index (χ4n) is 1.63. The quantitative estimate of drug-likeness (QED) is 0.592. The van der Waals surface area contributed by atoms with Crippen LogP contribution in [0.1, 0.15) is 18.9 Å². The first-order valence-electron chi connectivity index (χ1n) is 6.36. The largest absolute Gasteiger partial charge is 0.469 e. The maximum absolute atomic E-state index is 13.4. The van der Waals surface area contributed by atoms with Crippen LogP contribution in [0.4, 0.5) is 4.39 Å². The second-order valence-corrected chi connectivity index (χ2v) is 4.10. The average Bonchev–Trinajstić information content (AvgIpc) is 2.46. The molecule has 0 radical (unpaired) electrons. The highest BCUT2D eigenvalue weighted by atomic mass is 19.1. The molecule has 1 aromatic rings. The smallest absolute Gasteiger partial charge is 0.307 e. The van der Waals surface area contributed by atoms with Crippen LogP contribution in [0.15, 0.2) is 30.3 Å². The Balaban J connectivity index is 2.63. The molecule has 108 valence electrons. The molecule has 0 atom stereocenters. The van der Waals surface area contributed by atoms with E-state index < -0.39 is 0 Å². The van der Waals surface area contributed by atoms with Crippen LogP contribution in [-0.2, 0) is 14.3 Å². The average molecular weight is 279 g/mol. The van der Waals surface area contributed by atoms with E-state index in [9.17, 15) is 14.0 Å². The van der Waals surface area contributed by atoms with Crippen LogP contribution in [0, 0.1) is 5.82 Å². The fourth-order valence-corrected chi connectivity index (χ4v) is 1.63. The van der Waals surface area contributed by atoms with Crippen LogP contribution in [0.3, 0.4) is 0 Å². The van der Waals surface area contributed by atoms with Gasteiger partial charge in [0.15, 0.2) is 0 Å². The Labute approximate surface area is 117 Å². The number of benzene rings is 1. The molecule has 0 saturated carbocycles. The molecule has 0 heterocycles. The lowest BCUT2D eigenvalue weighted by Gasteiger charge is -2.18. The molecule has 0 N–H and O–H groups in total. The first-order chi connectivity index (χ1) is 9.58. The highest BCUT2D eigenvalue weighted by Gasteiger charge is 2.11. The third kappa shape index (κ3) is 4.84. The molecule has 1 rings (SSSR count). The van der Waals surface area contributed by atoms with Crippen molar-refractivity contribution in [2.24, 2.45) is 0 Å². The van der Waals surface area contributed by atoms with E-state index in [1.54, 1.807) is 18.2 Å². The first-order valence-corrected chi connectivity index (χ1v) is 6.36. The molecular formula is C15H18FNO3. The van der Waals surface area contributed by atoms with Crippen LogP contribution in [-0.4, -0.2) is 37.0 Å².